The molecule has 0 fully saturated rings. The summed E-state index contributed by atoms with van der Waals surface area (Å²) >= 11 is 0. The van der Waals surface area contributed by atoms with Crippen LogP contribution in [0, 0.1) is 0 Å². The van der Waals surface area contributed by atoms with E-state index in [1.165, 1.54) is 49.2 Å². The van der Waals surface area contributed by atoms with Crippen molar-refractivity contribution >= 4 is 71.3 Å². The number of rotatable bonds is 6. The van der Waals surface area contributed by atoms with Crippen LogP contribution in [0.4, 0.5) is 17.1 Å². The SMILES string of the molecule is c1ccc(-c2ccc(N(c3ccc(-c4ccc5c(ccc6ccccc65)c4)cc3)c3ccccc3-c3c4ccccc4cc4c3oc3ccccc34)cc2)cc1. The average molecular weight is 714 g/mol. The van der Waals surface area contributed by atoms with Gasteiger partial charge in [0.25, 0.3) is 0 Å². The van der Waals surface area contributed by atoms with E-state index in [2.05, 4.69) is 211 Å². The summed E-state index contributed by atoms with van der Waals surface area (Å²) in [7, 11) is 0. The summed E-state index contributed by atoms with van der Waals surface area (Å²) in [5, 5.41) is 9.65. The van der Waals surface area contributed by atoms with Crippen LogP contribution >= 0.6 is 0 Å². The first-order valence-electron chi connectivity index (χ1n) is 19.2. The molecule has 1 heterocycles. The number of fused-ring (bicyclic) bond motifs is 7. The summed E-state index contributed by atoms with van der Waals surface area (Å²) in [6, 6.07) is 76.4. The monoisotopic (exact) mass is 713 g/mol. The van der Waals surface area contributed by atoms with Crippen molar-refractivity contribution in [3.05, 3.63) is 212 Å². The van der Waals surface area contributed by atoms with Gasteiger partial charge in [-0.3, -0.25) is 0 Å². The fraction of sp³-hybridized carbons (Fsp3) is 0. The van der Waals surface area contributed by atoms with Gasteiger partial charge in [-0.2, -0.15) is 0 Å². The molecule has 0 N–H and O–H groups in total. The van der Waals surface area contributed by atoms with E-state index in [-0.39, 0.29) is 0 Å². The third-order valence-corrected chi connectivity index (χ3v) is 11.2. The van der Waals surface area contributed by atoms with Crippen LogP contribution in [0.5, 0.6) is 0 Å². The second-order valence-corrected chi connectivity index (χ2v) is 14.5. The average Bonchev–Trinajstić information content (AvgIpc) is 3.64. The van der Waals surface area contributed by atoms with Crippen LogP contribution < -0.4 is 4.90 Å². The van der Waals surface area contributed by atoms with Gasteiger partial charge in [-0.15, -0.1) is 0 Å². The molecule has 2 nitrogen and oxygen atoms in total. The molecule has 0 unspecified atom stereocenters. The zero-order valence-electron chi connectivity index (χ0n) is 30.6. The van der Waals surface area contributed by atoms with Crippen LogP contribution in [0.1, 0.15) is 0 Å². The van der Waals surface area contributed by atoms with Gasteiger partial charge in [0.2, 0.25) is 0 Å². The first-order valence-corrected chi connectivity index (χ1v) is 19.2. The van der Waals surface area contributed by atoms with Gasteiger partial charge in [0.1, 0.15) is 11.2 Å². The van der Waals surface area contributed by atoms with E-state index >= 15 is 0 Å². The van der Waals surface area contributed by atoms with Crippen LogP contribution in [0.15, 0.2) is 217 Å². The first kappa shape index (κ1) is 32.0. The van der Waals surface area contributed by atoms with Crippen molar-refractivity contribution in [2.75, 3.05) is 4.90 Å². The predicted octanol–water partition coefficient (Wildman–Crippen LogP) is 15.5. The lowest BCUT2D eigenvalue weighted by Crippen LogP contribution is -2.11. The van der Waals surface area contributed by atoms with Gasteiger partial charge in [-0.25, -0.2) is 0 Å². The topological polar surface area (TPSA) is 16.4 Å². The standard InChI is InChI=1S/C54H35NO/c1-2-12-36(13-3-1)37-24-29-43(30-25-37)55(44-31-26-38(27-32-44)40-28-33-46-42(34-40)23-22-39-14-4-6-16-45(39)46)51-20-10-8-19-49(51)53-47-17-7-5-15-41(47)35-50-48-18-9-11-21-52(48)56-54(50)53/h1-35H. The van der Waals surface area contributed by atoms with Gasteiger partial charge < -0.3 is 9.32 Å². The van der Waals surface area contributed by atoms with Crippen LogP contribution in [0.2, 0.25) is 0 Å². The van der Waals surface area contributed by atoms with Crippen molar-refractivity contribution < 1.29 is 4.42 Å². The van der Waals surface area contributed by atoms with E-state index < -0.39 is 0 Å². The van der Waals surface area contributed by atoms with Crippen molar-refractivity contribution in [2.45, 2.75) is 0 Å². The van der Waals surface area contributed by atoms with Crippen LogP contribution in [0.25, 0.3) is 87.6 Å². The zero-order valence-corrected chi connectivity index (χ0v) is 30.6. The molecule has 0 aliphatic heterocycles. The van der Waals surface area contributed by atoms with Gasteiger partial charge in [0, 0.05) is 33.3 Å². The molecule has 262 valence electrons. The minimum atomic E-state index is 0.891. The molecule has 56 heavy (non-hydrogen) atoms. The highest BCUT2D eigenvalue weighted by molar-refractivity contribution is 6.19. The number of nitrogens with zero attached hydrogens (tertiary/aromatic N) is 1. The summed E-state index contributed by atoms with van der Waals surface area (Å²) in [6.45, 7) is 0. The highest BCUT2D eigenvalue weighted by Gasteiger charge is 2.23. The fourth-order valence-corrected chi connectivity index (χ4v) is 8.53. The lowest BCUT2D eigenvalue weighted by molar-refractivity contribution is 0.670. The van der Waals surface area contributed by atoms with Crippen molar-refractivity contribution in [1.29, 1.82) is 0 Å². The molecule has 0 saturated carbocycles. The van der Waals surface area contributed by atoms with Crippen molar-refractivity contribution in [1.82, 2.24) is 0 Å². The lowest BCUT2D eigenvalue weighted by Gasteiger charge is -2.28. The maximum absolute atomic E-state index is 6.76. The molecule has 0 saturated heterocycles. The smallest absolute Gasteiger partial charge is 0.143 e. The van der Waals surface area contributed by atoms with E-state index in [0.29, 0.717) is 0 Å². The van der Waals surface area contributed by atoms with Crippen molar-refractivity contribution in [3.63, 3.8) is 0 Å². The highest BCUT2D eigenvalue weighted by Crippen LogP contribution is 2.47. The molecular weight excluding hydrogens is 679 g/mol. The number of anilines is 3. The Morgan fingerprint density at radius 1 is 0.321 bits per heavy atom. The molecule has 1 aromatic heterocycles. The Bertz CT molecular complexity index is 3230. The summed E-state index contributed by atoms with van der Waals surface area (Å²) in [5.41, 5.74) is 12.0. The first-order chi connectivity index (χ1) is 27.8. The minimum absolute atomic E-state index is 0.891. The third kappa shape index (κ3) is 5.34. The third-order valence-electron chi connectivity index (χ3n) is 11.2. The Morgan fingerprint density at radius 2 is 0.857 bits per heavy atom. The van der Waals surface area contributed by atoms with E-state index in [9.17, 15) is 0 Å². The maximum Gasteiger partial charge on any atom is 0.143 e. The summed E-state index contributed by atoms with van der Waals surface area (Å²) in [5.74, 6) is 0. The largest absolute Gasteiger partial charge is 0.455 e. The van der Waals surface area contributed by atoms with Crippen molar-refractivity contribution in [2.24, 2.45) is 0 Å². The quantitative estimate of drug-likeness (QED) is 0.160. The molecule has 0 radical (unpaired) electrons. The van der Waals surface area contributed by atoms with Gasteiger partial charge in [0.05, 0.1) is 5.69 Å². The van der Waals surface area contributed by atoms with Gasteiger partial charge >= 0.3 is 0 Å². The van der Waals surface area contributed by atoms with E-state index in [4.69, 9.17) is 4.42 Å². The van der Waals surface area contributed by atoms with Gasteiger partial charge in [-0.1, -0.05) is 164 Å². The molecule has 0 aliphatic rings. The summed E-state index contributed by atoms with van der Waals surface area (Å²) in [4.78, 5) is 2.39. The van der Waals surface area contributed by atoms with E-state index in [1.807, 2.05) is 6.07 Å². The number of benzene rings is 10. The number of hydrogen-bond acceptors (Lipinski definition) is 2. The van der Waals surface area contributed by atoms with Gasteiger partial charge in [0.15, 0.2) is 0 Å². The maximum atomic E-state index is 6.76. The Balaban J connectivity index is 1.09. The number of para-hydroxylation sites is 2. The number of hydrogen-bond donors (Lipinski definition) is 0. The molecule has 0 amide bonds. The van der Waals surface area contributed by atoms with Crippen LogP contribution in [-0.2, 0) is 0 Å². The molecule has 2 heteroatoms. The normalized spacial score (nSPS) is 11.6. The molecule has 11 rings (SSSR count). The second-order valence-electron chi connectivity index (χ2n) is 14.5. The van der Waals surface area contributed by atoms with E-state index in [1.54, 1.807) is 0 Å². The summed E-state index contributed by atoms with van der Waals surface area (Å²) in [6.07, 6.45) is 0. The fourth-order valence-electron chi connectivity index (χ4n) is 8.53. The predicted molar refractivity (Wildman–Crippen MR) is 237 cm³/mol. The summed E-state index contributed by atoms with van der Waals surface area (Å²) < 4.78 is 6.76. The van der Waals surface area contributed by atoms with Crippen LogP contribution in [-0.4, -0.2) is 0 Å². The Morgan fingerprint density at radius 3 is 1.64 bits per heavy atom. The minimum Gasteiger partial charge on any atom is -0.455 e. The Kier molecular flexibility index (Phi) is 7.53. The number of furan rings is 1. The van der Waals surface area contributed by atoms with E-state index in [0.717, 1.165) is 55.5 Å². The zero-order chi connectivity index (χ0) is 37.0. The second kappa shape index (κ2) is 13.2. The Hall–Kier alpha value is -7.42. The highest BCUT2D eigenvalue weighted by atomic mass is 16.3. The lowest BCUT2D eigenvalue weighted by atomic mass is 9.93. The van der Waals surface area contributed by atoms with Crippen LogP contribution in [0.3, 0.4) is 0 Å². The molecule has 0 atom stereocenters. The molecule has 0 bridgehead atoms. The molecule has 10 aromatic carbocycles. The van der Waals surface area contributed by atoms with Gasteiger partial charge in [-0.05, 0) is 103 Å². The molecule has 0 spiro atoms. The molecule has 11 aromatic rings. The molecule has 0 aliphatic carbocycles. The van der Waals surface area contributed by atoms with Crippen molar-refractivity contribution in [3.8, 4) is 33.4 Å². The Labute approximate surface area is 325 Å². The molecular formula is C54H35NO.